The van der Waals surface area contributed by atoms with E-state index in [4.69, 9.17) is 4.74 Å². The molecule has 0 spiro atoms. The largest absolute Gasteiger partial charge is 0.383 e. The zero-order valence-corrected chi connectivity index (χ0v) is 11.1. The Kier molecular flexibility index (Phi) is 4.79. The van der Waals surface area contributed by atoms with E-state index < -0.39 is 0 Å². The minimum Gasteiger partial charge on any atom is -0.383 e. The summed E-state index contributed by atoms with van der Waals surface area (Å²) in [6, 6.07) is 7.78. The van der Waals surface area contributed by atoms with Crippen molar-refractivity contribution in [2.45, 2.75) is 0 Å². The molecule has 2 aromatic rings. The van der Waals surface area contributed by atoms with Crippen molar-refractivity contribution in [2.24, 2.45) is 0 Å². The molecule has 0 saturated heterocycles. The molecule has 0 fully saturated rings. The Bertz CT molecular complexity index is 585. The van der Waals surface area contributed by atoms with Gasteiger partial charge in [0.2, 0.25) is 0 Å². The number of methoxy groups -OCH3 is 1. The standard InChI is InChI=1S/C15H15FN2O2/c1-20-7-6-18-15(19)13-8-12(9-17-10-13)11-2-4-14(16)5-3-11/h2-5,8-10H,6-7H2,1H3,(H,18,19). The predicted molar refractivity (Wildman–Crippen MR) is 73.8 cm³/mol. The molecule has 0 radical (unpaired) electrons. The Hall–Kier alpha value is -2.27. The van der Waals surface area contributed by atoms with Crippen LogP contribution in [0.15, 0.2) is 42.7 Å². The molecule has 4 nitrogen and oxygen atoms in total. The quantitative estimate of drug-likeness (QED) is 0.851. The van der Waals surface area contributed by atoms with E-state index in [9.17, 15) is 9.18 Å². The molecule has 20 heavy (non-hydrogen) atoms. The minimum absolute atomic E-state index is 0.210. The van der Waals surface area contributed by atoms with Crippen LogP contribution in [-0.2, 0) is 4.74 Å². The zero-order valence-electron chi connectivity index (χ0n) is 11.1. The summed E-state index contributed by atoms with van der Waals surface area (Å²) >= 11 is 0. The van der Waals surface area contributed by atoms with E-state index in [1.807, 2.05) is 0 Å². The number of benzene rings is 1. The van der Waals surface area contributed by atoms with Crippen molar-refractivity contribution in [3.63, 3.8) is 0 Å². The SMILES string of the molecule is COCCNC(=O)c1cncc(-c2ccc(F)cc2)c1. The van der Waals surface area contributed by atoms with Crippen LogP contribution in [0, 0.1) is 5.82 Å². The van der Waals surface area contributed by atoms with E-state index in [1.54, 1.807) is 31.5 Å². The summed E-state index contributed by atoms with van der Waals surface area (Å²) in [5.74, 6) is -0.506. The number of halogens is 1. The highest BCUT2D eigenvalue weighted by molar-refractivity contribution is 5.95. The molecule has 1 N–H and O–H groups in total. The van der Waals surface area contributed by atoms with Crippen molar-refractivity contribution >= 4 is 5.91 Å². The van der Waals surface area contributed by atoms with Crippen LogP contribution in [0.3, 0.4) is 0 Å². The van der Waals surface area contributed by atoms with Gasteiger partial charge in [-0.05, 0) is 23.8 Å². The Morgan fingerprint density at radius 1 is 1.25 bits per heavy atom. The highest BCUT2D eigenvalue weighted by Gasteiger charge is 2.07. The van der Waals surface area contributed by atoms with Crippen LogP contribution in [0.1, 0.15) is 10.4 Å². The molecule has 0 aliphatic carbocycles. The molecule has 0 aliphatic rings. The number of nitrogens with one attached hydrogen (secondary N) is 1. The van der Waals surface area contributed by atoms with Crippen molar-refractivity contribution in [2.75, 3.05) is 20.3 Å². The summed E-state index contributed by atoms with van der Waals surface area (Å²) in [5.41, 5.74) is 2.04. The van der Waals surface area contributed by atoms with Crippen LogP contribution >= 0.6 is 0 Å². The average Bonchev–Trinajstić information content (AvgIpc) is 2.48. The molecule has 1 aromatic carbocycles. The maximum Gasteiger partial charge on any atom is 0.252 e. The maximum absolute atomic E-state index is 12.9. The van der Waals surface area contributed by atoms with Gasteiger partial charge in [-0.15, -0.1) is 0 Å². The summed E-state index contributed by atoms with van der Waals surface area (Å²) in [5, 5.41) is 2.72. The molecule has 1 amide bonds. The van der Waals surface area contributed by atoms with Gasteiger partial charge in [0.15, 0.2) is 0 Å². The van der Waals surface area contributed by atoms with Gasteiger partial charge in [-0.2, -0.15) is 0 Å². The first-order chi connectivity index (χ1) is 9.70. The number of pyridine rings is 1. The fourth-order valence-corrected chi connectivity index (χ4v) is 1.73. The Balaban J connectivity index is 2.15. The van der Waals surface area contributed by atoms with Gasteiger partial charge in [0, 0.05) is 31.6 Å². The van der Waals surface area contributed by atoms with E-state index in [0.717, 1.165) is 11.1 Å². The molecule has 0 bridgehead atoms. The lowest BCUT2D eigenvalue weighted by Gasteiger charge is -2.06. The van der Waals surface area contributed by atoms with Crippen molar-refractivity contribution in [1.82, 2.24) is 10.3 Å². The monoisotopic (exact) mass is 274 g/mol. The zero-order chi connectivity index (χ0) is 14.4. The smallest absolute Gasteiger partial charge is 0.252 e. The van der Waals surface area contributed by atoms with Crippen LogP contribution in [-0.4, -0.2) is 31.2 Å². The fraction of sp³-hybridized carbons (Fsp3) is 0.200. The normalized spacial score (nSPS) is 10.3. The molecular formula is C15H15FN2O2. The molecule has 104 valence electrons. The van der Waals surface area contributed by atoms with Crippen LogP contribution in [0.2, 0.25) is 0 Å². The molecule has 0 atom stereocenters. The molecule has 1 aromatic heterocycles. The highest BCUT2D eigenvalue weighted by atomic mass is 19.1. The number of nitrogens with zero attached hydrogens (tertiary/aromatic N) is 1. The Morgan fingerprint density at radius 3 is 2.70 bits per heavy atom. The van der Waals surface area contributed by atoms with Crippen molar-refractivity contribution in [1.29, 1.82) is 0 Å². The van der Waals surface area contributed by atoms with Gasteiger partial charge < -0.3 is 10.1 Å². The first-order valence-electron chi connectivity index (χ1n) is 6.19. The minimum atomic E-state index is -0.296. The maximum atomic E-state index is 12.9. The van der Waals surface area contributed by atoms with E-state index >= 15 is 0 Å². The third-order valence-corrected chi connectivity index (χ3v) is 2.77. The van der Waals surface area contributed by atoms with Crippen LogP contribution in [0.25, 0.3) is 11.1 Å². The first kappa shape index (κ1) is 14.1. The van der Waals surface area contributed by atoms with Gasteiger partial charge in [0.1, 0.15) is 5.82 Å². The van der Waals surface area contributed by atoms with Gasteiger partial charge in [0.05, 0.1) is 12.2 Å². The molecular weight excluding hydrogens is 259 g/mol. The molecule has 5 heteroatoms. The summed E-state index contributed by atoms with van der Waals surface area (Å²) in [7, 11) is 1.57. The number of aromatic nitrogens is 1. The number of rotatable bonds is 5. The molecule has 0 unspecified atom stereocenters. The summed E-state index contributed by atoms with van der Waals surface area (Å²) < 4.78 is 17.8. The van der Waals surface area contributed by atoms with Crippen LogP contribution in [0.4, 0.5) is 4.39 Å². The number of hydrogen-bond donors (Lipinski definition) is 1. The Morgan fingerprint density at radius 2 is 2.00 bits per heavy atom. The van der Waals surface area contributed by atoms with E-state index in [-0.39, 0.29) is 11.7 Å². The third kappa shape index (κ3) is 3.61. The fourth-order valence-electron chi connectivity index (χ4n) is 1.73. The number of hydrogen-bond acceptors (Lipinski definition) is 3. The van der Waals surface area contributed by atoms with E-state index in [2.05, 4.69) is 10.3 Å². The average molecular weight is 274 g/mol. The number of carbonyl (C=O) groups is 1. The molecule has 0 saturated carbocycles. The Labute approximate surface area is 116 Å². The lowest BCUT2D eigenvalue weighted by molar-refractivity contribution is 0.0937. The number of ether oxygens (including phenoxy) is 1. The third-order valence-electron chi connectivity index (χ3n) is 2.77. The van der Waals surface area contributed by atoms with Gasteiger partial charge in [-0.1, -0.05) is 12.1 Å². The summed E-state index contributed by atoms with van der Waals surface area (Å²) in [6.07, 6.45) is 3.13. The second kappa shape index (κ2) is 6.77. The van der Waals surface area contributed by atoms with Crippen molar-refractivity contribution < 1.29 is 13.9 Å². The van der Waals surface area contributed by atoms with E-state index in [0.29, 0.717) is 18.7 Å². The van der Waals surface area contributed by atoms with Crippen molar-refractivity contribution in [3.8, 4) is 11.1 Å². The topological polar surface area (TPSA) is 51.2 Å². The number of amides is 1. The predicted octanol–water partition coefficient (Wildman–Crippen LogP) is 2.26. The van der Waals surface area contributed by atoms with Gasteiger partial charge in [-0.3, -0.25) is 9.78 Å². The lowest BCUT2D eigenvalue weighted by atomic mass is 10.1. The molecule has 0 aliphatic heterocycles. The van der Waals surface area contributed by atoms with Crippen LogP contribution in [0.5, 0.6) is 0 Å². The lowest BCUT2D eigenvalue weighted by Crippen LogP contribution is -2.27. The van der Waals surface area contributed by atoms with Gasteiger partial charge in [0.25, 0.3) is 5.91 Å². The number of carbonyl (C=O) groups excluding carboxylic acids is 1. The first-order valence-corrected chi connectivity index (χ1v) is 6.19. The molecule has 2 rings (SSSR count). The van der Waals surface area contributed by atoms with Gasteiger partial charge in [-0.25, -0.2) is 4.39 Å². The second-order valence-corrected chi connectivity index (χ2v) is 4.22. The molecule has 1 heterocycles. The van der Waals surface area contributed by atoms with Gasteiger partial charge >= 0.3 is 0 Å². The highest BCUT2D eigenvalue weighted by Crippen LogP contribution is 2.19. The summed E-state index contributed by atoms with van der Waals surface area (Å²) in [4.78, 5) is 15.9. The van der Waals surface area contributed by atoms with Crippen molar-refractivity contribution in [3.05, 3.63) is 54.1 Å². The van der Waals surface area contributed by atoms with E-state index in [1.165, 1.54) is 18.3 Å². The van der Waals surface area contributed by atoms with Crippen LogP contribution < -0.4 is 5.32 Å². The second-order valence-electron chi connectivity index (χ2n) is 4.22. The summed E-state index contributed by atoms with van der Waals surface area (Å²) in [6.45, 7) is 0.896.